The molecule has 0 rings (SSSR count). The van der Waals surface area contributed by atoms with E-state index in [9.17, 15) is 4.79 Å². The van der Waals surface area contributed by atoms with Crippen molar-refractivity contribution in [2.75, 3.05) is 13.6 Å². The summed E-state index contributed by atoms with van der Waals surface area (Å²) in [5, 5.41) is 5.34. The average molecular weight is 140 g/mol. The Bertz CT molecular complexity index is 148. The predicted molar refractivity (Wildman–Crippen MR) is 40.4 cm³/mol. The third-order valence-electron chi connectivity index (χ3n) is 1.15. The molecule has 0 heterocycles. The van der Waals surface area contributed by atoms with Crippen LogP contribution < -0.4 is 10.6 Å². The van der Waals surface area contributed by atoms with Gasteiger partial charge in [0, 0.05) is 7.05 Å². The monoisotopic (exact) mass is 140 g/mol. The molecule has 56 valence electrons. The zero-order valence-electron chi connectivity index (χ0n) is 6.27. The average Bonchev–Trinajstić information content (AvgIpc) is 1.98. The summed E-state index contributed by atoms with van der Waals surface area (Å²) >= 11 is 0. The molecule has 1 amide bonds. The first kappa shape index (κ1) is 8.99. The highest BCUT2D eigenvalue weighted by Crippen LogP contribution is 1.77. The van der Waals surface area contributed by atoms with E-state index in [4.69, 9.17) is 6.42 Å². The highest BCUT2D eigenvalue weighted by molar-refractivity contribution is 5.80. The van der Waals surface area contributed by atoms with E-state index >= 15 is 0 Å². The lowest BCUT2D eigenvalue weighted by Crippen LogP contribution is -2.40. The predicted octanol–water partition coefficient (Wildman–Crippen LogP) is -0.656. The lowest BCUT2D eigenvalue weighted by atomic mass is 10.3. The Morgan fingerprint density at radius 2 is 2.40 bits per heavy atom. The Kier molecular flexibility index (Phi) is 4.34. The van der Waals surface area contributed by atoms with Gasteiger partial charge in [0.05, 0.1) is 12.6 Å². The Morgan fingerprint density at radius 3 is 2.80 bits per heavy atom. The van der Waals surface area contributed by atoms with Gasteiger partial charge < -0.3 is 5.32 Å². The highest BCUT2D eigenvalue weighted by Gasteiger charge is 2.07. The molecule has 0 aliphatic carbocycles. The summed E-state index contributed by atoms with van der Waals surface area (Å²) in [6.45, 7) is 2.19. The Labute approximate surface area is 61.2 Å². The van der Waals surface area contributed by atoms with Gasteiger partial charge in [0.25, 0.3) is 0 Å². The van der Waals surface area contributed by atoms with Gasteiger partial charge in [-0.25, -0.2) is 0 Å². The number of hydrogen-bond donors (Lipinski definition) is 2. The van der Waals surface area contributed by atoms with Gasteiger partial charge in [-0.15, -0.1) is 6.42 Å². The van der Waals surface area contributed by atoms with Gasteiger partial charge in [0.1, 0.15) is 0 Å². The maximum atomic E-state index is 10.8. The molecule has 0 aromatic carbocycles. The van der Waals surface area contributed by atoms with Crippen LogP contribution in [0.25, 0.3) is 0 Å². The molecule has 0 saturated carbocycles. The molecule has 0 saturated heterocycles. The summed E-state index contributed by atoms with van der Waals surface area (Å²) < 4.78 is 0. The minimum absolute atomic E-state index is 0.0461. The van der Waals surface area contributed by atoms with Crippen LogP contribution in [0.2, 0.25) is 0 Å². The number of likely N-dealkylation sites (N-methyl/N-ethyl adjacent to an activating group) is 1. The van der Waals surface area contributed by atoms with Crippen molar-refractivity contribution in [2.24, 2.45) is 0 Å². The summed E-state index contributed by atoms with van der Waals surface area (Å²) in [4.78, 5) is 10.8. The fraction of sp³-hybridized carbons (Fsp3) is 0.571. The maximum Gasteiger partial charge on any atom is 0.236 e. The van der Waals surface area contributed by atoms with Crippen LogP contribution in [0.3, 0.4) is 0 Å². The van der Waals surface area contributed by atoms with Crippen molar-refractivity contribution in [3.63, 3.8) is 0 Å². The second-order valence-electron chi connectivity index (χ2n) is 1.92. The molecule has 0 aromatic rings. The number of amides is 1. The van der Waals surface area contributed by atoms with Crippen LogP contribution in [0.1, 0.15) is 6.92 Å². The second kappa shape index (κ2) is 4.83. The van der Waals surface area contributed by atoms with Crippen LogP contribution >= 0.6 is 0 Å². The smallest absolute Gasteiger partial charge is 0.236 e. The molecule has 0 aliphatic heterocycles. The molecular weight excluding hydrogens is 128 g/mol. The largest absolute Gasteiger partial charge is 0.358 e. The van der Waals surface area contributed by atoms with Gasteiger partial charge in [0.15, 0.2) is 0 Å². The second-order valence-corrected chi connectivity index (χ2v) is 1.92. The van der Waals surface area contributed by atoms with E-state index in [1.54, 1.807) is 14.0 Å². The van der Waals surface area contributed by atoms with Crippen molar-refractivity contribution >= 4 is 5.91 Å². The summed E-state index contributed by atoms with van der Waals surface area (Å²) in [7, 11) is 1.59. The Balaban J connectivity index is 3.53. The Morgan fingerprint density at radius 1 is 1.80 bits per heavy atom. The van der Waals surface area contributed by atoms with E-state index in [0.717, 1.165) is 0 Å². The molecular formula is C7H12N2O. The van der Waals surface area contributed by atoms with Crippen LogP contribution in [0.5, 0.6) is 0 Å². The van der Waals surface area contributed by atoms with Gasteiger partial charge in [-0.1, -0.05) is 5.92 Å². The molecule has 1 unspecified atom stereocenters. The molecule has 0 fully saturated rings. The van der Waals surface area contributed by atoms with Crippen molar-refractivity contribution in [3.05, 3.63) is 0 Å². The molecule has 3 nitrogen and oxygen atoms in total. The van der Waals surface area contributed by atoms with Crippen LogP contribution in [0.4, 0.5) is 0 Å². The third-order valence-corrected chi connectivity index (χ3v) is 1.15. The van der Waals surface area contributed by atoms with Crippen LogP contribution in [-0.4, -0.2) is 25.5 Å². The first-order valence-corrected chi connectivity index (χ1v) is 3.10. The van der Waals surface area contributed by atoms with E-state index in [0.29, 0.717) is 6.54 Å². The van der Waals surface area contributed by atoms with E-state index < -0.39 is 0 Å². The van der Waals surface area contributed by atoms with Crippen molar-refractivity contribution in [1.82, 2.24) is 10.6 Å². The number of hydrogen-bond acceptors (Lipinski definition) is 2. The minimum atomic E-state index is -0.207. The van der Waals surface area contributed by atoms with Crippen LogP contribution in [0, 0.1) is 12.3 Å². The maximum absolute atomic E-state index is 10.8. The van der Waals surface area contributed by atoms with Crippen molar-refractivity contribution in [2.45, 2.75) is 13.0 Å². The zero-order valence-corrected chi connectivity index (χ0v) is 6.27. The van der Waals surface area contributed by atoms with Crippen molar-refractivity contribution < 1.29 is 4.79 Å². The number of carbonyl (C=O) groups is 1. The number of nitrogens with one attached hydrogen (secondary N) is 2. The van der Waals surface area contributed by atoms with E-state index in [-0.39, 0.29) is 11.9 Å². The molecule has 0 aliphatic rings. The highest BCUT2D eigenvalue weighted by atomic mass is 16.2. The fourth-order valence-corrected chi connectivity index (χ4v) is 0.521. The summed E-state index contributed by atoms with van der Waals surface area (Å²) in [6, 6.07) is -0.207. The van der Waals surface area contributed by atoms with Crippen molar-refractivity contribution in [1.29, 1.82) is 0 Å². The first-order valence-electron chi connectivity index (χ1n) is 3.10. The van der Waals surface area contributed by atoms with E-state index in [1.165, 1.54) is 0 Å². The molecule has 2 N–H and O–H groups in total. The number of terminal acetylenes is 1. The fourth-order valence-electron chi connectivity index (χ4n) is 0.521. The first-order chi connectivity index (χ1) is 4.72. The molecule has 1 atom stereocenters. The van der Waals surface area contributed by atoms with Crippen LogP contribution in [-0.2, 0) is 4.79 Å². The van der Waals surface area contributed by atoms with Crippen molar-refractivity contribution in [3.8, 4) is 12.3 Å². The van der Waals surface area contributed by atoms with Gasteiger partial charge in [-0.2, -0.15) is 0 Å². The quantitative estimate of drug-likeness (QED) is 0.511. The van der Waals surface area contributed by atoms with Crippen LogP contribution in [0.15, 0.2) is 0 Å². The SMILES string of the molecule is C#CCNC(C)C(=O)NC. The molecule has 0 spiro atoms. The Hall–Kier alpha value is -1.01. The molecule has 10 heavy (non-hydrogen) atoms. The van der Waals surface area contributed by atoms with Gasteiger partial charge in [-0.3, -0.25) is 10.1 Å². The number of carbonyl (C=O) groups excluding carboxylic acids is 1. The lowest BCUT2D eigenvalue weighted by Gasteiger charge is -2.08. The third kappa shape index (κ3) is 3.10. The summed E-state index contributed by atoms with van der Waals surface area (Å²) in [6.07, 6.45) is 4.97. The molecule has 0 aromatic heterocycles. The van der Waals surface area contributed by atoms with E-state index in [2.05, 4.69) is 16.6 Å². The summed E-state index contributed by atoms with van der Waals surface area (Å²) in [5.41, 5.74) is 0. The molecule has 0 radical (unpaired) electrons. The standard InChI is InChI=1S/C7H12N2O/c1-4-5-9-6(2)7(10)8-3/h1,6,9H,5H2,2-3H3,(H,8,10). The van der Waals surface area contributed by atoms with Gasteiger partial charge in [0.2, 0.25) is 5.91 Å². The van der Waals surface area contributed by atoms with Gasteiger partial charge in [-0.05, 0) is 6.92 Å². The zero-order chi connectivity index (χ0) is 7.98. The topological polar surface area (TPSA) is 41.1 Å². The molecule has 0 bridgehead atoms. The lowest BCUT2D eigenvalue weighted by molar-refractivity contribution is -0.122. The number of rotatable bonds is 3. The summed E-state index contributed by atoms with van der Waals surface area (Å²) in [5.74, 6) is 2.34. The van der Waals surface area contributed by atoms with Gasteiger partial charge >= 0.3 is 0 Å². The minimum Gasteiger partial charge on any atom is -0.358 e. The normalized spacial score (nSPS) is 11.7. The van der Waals surface area contributed by atoms with E-state index in [1.807, 2.05) is 0 Å². The molecule has 3 heteroatoms.